The molecule has 0 heterocycles. The Kier molecular flexibility index (Phi) is 17.3. The van der Waals surface area contributed by atoms with E-state index < -0.39 is 0 Å². The van der Waals surface area contributed by atoms with Gasteiger partial charge in [-0.1, -0.05) is 115 Å². The van der Waals surface area contributed by atoms with Crippen LogP contribution in [0.5, 0.6) is 0 Å². The Morgan fingerprint density at radius 2 is 1.30 bits per heavy atom. The molecule has 208 valence electrons. The first kappa shape index (κ1) is 40.7. The molecule has 0 amide bonds. The fraction of sp³-hybridized carbons (Fsp3) is 0.441. The van der Waals surface area contributed by atoms with E-state index in [1.807, 2.05) is 0 Å². The van der Waals surface area contributed by atoms with Crippen LogP contribution in [-0.2, 0) is 41.5 Å². The molecule has 1 unspecified atom stereocenters. The molecule has 0 fully saturated rings. The van der Waals surface area contributed by atoms with Crippen LogP contribution in [-0.4, -0.2) is 4.21 Å². The van der Waals surface area contributed by atoms with Crippen molar-refractivity contribution in [1.82, 2.24) is 0 Å². The second-order valence-electron chi connectivity index (χ2n) is 12.3. The van der Waals surface area contributed by atoms with Crippen LogP contribution in [0.2, 0.25) is 0 Å². The Morgan fingerprint density at radius 3 is 1.70 bits per heavy atom. The van der Waals surface area contributed by atoms with Crippen molar-refractivity contribution in [2.45, 2.75) is 86.5 Å². The van der Waals surface area contributed by atoms with E-state index in [9.17, 15) is 0 Å². The van der Waals surface area contributed by atoms with Gasteiger partial charge in [-0.15, -0.1) is 30.4 Å². The van der Waals surface area contributed by atoms with Crippen LogP contribution in [0.25, 0.3) is 11.1 Å². The summed E-state index contributed by atoms with van der Waals surface area (Å²) in [7, 11) is 0. The zero-order chi connectivity index (χ0) is 25.2. The van der Waals surface area contributed by atoms with E-state index in [0.29, 0.717) is 11.3 Å². The van der Waals surface area contributed by atoms with Crippen LogP contribution in [0.15, 0.2) is 48.1 Å². The van der Waals surface area contributed by atoms with Gasteiger partial charge in [0, 0.05) is 0 Å². The summed E-state index contributed by atoms with van der Waals surface area (Å²) in [5.41, 5.74) is 10.5. The quantitative estimate of drug-likeness (QED) is 0.219. The maximum Gasteiger partial charge on any atom is -0.358 e. The third-order valence-corrected chi connectivity index (χ3v) is 6.32. The maximum atomic E-state index is 3.53. The largest absolute Gasteiger partial charge is 0.358 e. The van der Waals surface area contributed by atoms with Gasteiger partial charge in [0.1, 0.15) is 0 Å². The monoisotopic (exact) mass is 618 g/mol. The van der Waals surface area contributed by atoms with Gasteiger partial charge >= 0.3 is 28.4 Å². The summed E-state index contributed by atoms with van der Waals surface area (Å²) in [6.07, 6.45) is 8.68. The molecule has 2 aromatic rings. The molecule has 1 atom stereocenters. The number of hydrogen-bond donors (Lipinski definition) is 0. The average molecular weight is 621 g/mol. The average Bonchev–Trinajstić information content (AvgIpc) is 3.31. The van der Waals surface area contributed by atoms with Gasteiger partial charge in [0.15, 0.2) is 0 Å². The first-order valence-electron chi connectivity index (χ1n) is 12.0. The predicted molar refractivity (Wildman–Crippen MR) is 170 cm³/mol. The van der Waals surface area contributed by atoms with E-state index in [-0.39, 0.29) is 50.5 Å². The Labute approximate surface area is 258 Å². The topological polar surface area (TPSA) is 0 Å². The minimum absolute atomic E-state index is 0. The molecule has 0 N–H and O–H groups in total. The molecule has 37 heavy (non-hydrogen) atoms. The molecule has 0 radical (unpaired) electrons. The molecular weight excluding hydrogens is 571 g/mol. The molecular formula is C34H50Cl2Zr-4. The fourth-order valence-electron chi connectivity index (χ4n) is 4.04. The van der Waals surface area contributed by atoms with Crippen LogP contribution in [0.1, 0.15) is 91.5 Å². The van der Waals surface area contributed by atoms with Gasteiger partial charge in [0.25, 0.3) is 0 Å². The van der Waals surface area contributed by atoms with Crippen LogP contribution in [0.3, 0.4) is 0 Å². The number of rotatable bonds is 0. The van der Waals surface area contributed by atoms with Crippen LogP contribution >= 0.6 is 24.8 Å². The number of benzene rings is 2. The van der Waals surface area contributed by atoms with Gasteiger partial charge in [-0.2, -0.15) is 41.0 Å². The molecule has 2 aliphatic carbocycles. The first-order valence-corrected chi connectivity index (χ1v) is 13.8. The molecule has 2 aromatic carbocycles. The smallest absolute Gasteiger partial charge is 0.358 e. The van der Waals surface area contributed by atoms with Gasteiger partial charge in [-0.3, -0.25) is 6.08 Å². The number of fused-ring (bicyclic) bond motifs is 3. The molecule has 0 aliphatic heterocycles. The van der Waals surface area contributed by atoms with E-state index >= 15 is 0 Å². The molecule has 3 heteroatoms. The van der Waals surface area contributed by atoms with Gasteiger partial charge < -0.3 is 14.9 Å². The zero-order valence-corrected chi connectivity index (χ0v) is 29.4. The van der Waals surface area contributed by atoms with Gasteiger partial charge in [0.05, 0.1) is 0 Å². The van der Waals surface area contributed by atoms with E-state index in [1.165, 1.54) is 63.2 Å². The summed E-state index contributed by atoms with van der Waals surface area (Å²) in [6, 6.07) is 15.1. The predicted octanol–water partition coefficient (Wildman–Crippen LogP) is 10.3. The fourth-order valence-corrected chi connectivity index (χ4v) is 4.04. The maximum absolute atomic E-state index is 3.53. The third-order valence-electron chi connectivity index (χ3n) is 6.32. The van der Waals surface area contributed by atoms with Gasteiger partial charge in [-0.05, 0) is 17.4 Å². The van der Waals surface area contributed by atoms with Crippen molar-refractivity contribution in [3.63, 3.8) is 0 Å². The summed E-state index contributed by atoms with van der Waals surface area (Å²) in [5, 5.41) is 0. The molecule has 0 aromatic heterocycles. The molecule has 0 bridgehead atoms. The molecule has 0 saturated carbocycles. The van der Waals surface area contributed by atoms with Crippen molar-refractivity contribution >= 4 is 29.0 Å². The second-order valence-corrected chi connectivity index (χ2v) is 12.3. The van der Waals surface area contributed by atoms with E-state index in [4.69, 9.17) is 0 Å². The Bertz CT molecular complexity index is 979. The third kappa shape index (κ3) is 10.7. The van der Waals surface area contributed by atoms with E-state index in [2.05, 4.69) is 128 Å². The van der Waals surface area contributed by atoms with Crippen molar-refractivity contribution < 1.29 is 24.2 Å². The van der Waals surface area contributed by atoms with Crippen molar-refractivity contribution in [3.8, 4) is 11.1 Å². The normalized spacial score (nSPS) is 14.8. The Balaban J connectivity index is -0.000000624. The number of hydrogen-bond acceptors (Lipinski definition) is 0. The SMILES string of the molecule is CC(C)(C)c1c[c-]c2c(c1)-c1cc(C(C)(C)C)ccc1C2.CC1[C-]=CC(C(C)(C)C)=C1.Cl.Cl.[CH2]=[Zr].[CH3-].[CH3-]. The molecule has 2 aliphatic rings. The summed E-state index contributed by atoms with van der Waals surface area (Å²) < 4.78 is 3.34. The minimum Gasteiger partial charge on any atom is -0.358 e. The zero-order valence-electron chi connectivity index (χ0n) is 25.3. The van der Waals surface area contributed by atoms with Crippen molar-refractivity contribution in [3.05, 3.63) is 97.3 Å². The summed E-state index contributed by atoms with van der Waals surface area (Å²) >= 11 is 1.30. The standard InChI is InChI=1S/C21H25.C10H15.2CH3.CH2.2ClH.Zr/c1-20(2,3)16-9-7-14-11-15-8-10-17(21(4,5)6)13-19(15)18(14)12-16;1-8-5-6-9(7-8)10(2,3)4;;;;;;/h7,9-10,12-13H,11H2,1-6H3;6-8H,1-4H3;2*1H3;1H2;2*1H;/q4*-1;;;;. The second kappa shape index (κ2) is 15.7. The summed E-state index contributed by atoms with van der Waals surface area (Å²) in [5.74, 6) is 0.522. The van der Waals surface area contributed by atoms with Crippen LogP contribution < -0.4 is 0 Å². The first-order chi connectivity index (χ1) is 15.2. The van der Waals surface area contributed by atoms with Gasteiger partial charge in [-0.25, -0.2) is 6.08 Å². The van der Waals surface area contributed by atoms with E-state index in [0.717, 1.165) is 6.42 Å². The number of allylic oxidation sites excluding steroid dienone is 4. The van der Waals surface area contributed by atoms with Crippen molar-refractivity contribution in [1.29, 1.82) is 0 Å². The molecule has 4 rings (SSSR count). The number of halogens is 2. The van der Waals surface area contributed by atoms with Crippen LogP contribution in [0.4, 0.5) is 0 Å². The molecule has 0 nitrogen and oxygen atoms in total. The van der Waals surface area contributed by atoms with E-state index in [1.54, 1.807) is 0 Å². The Morgan fingerprint density at radius 1 is 0.784 bits per heavy atom. The van der Waals surface area contributed by atoms with Gasteiger partial charge in [0.2, 0.25) is 0 Å². The van der Waals surface area contributed by atoms with Crippen molar-refractivity contribution in [2.75, 3.05) is 0 Å². The Hall–Kier alpha value is -0.747. The molecule has 0 spiro atoms. The minimum atomic E-state index is 0. The molecule has 0 saturated heterocycles. The van der Waals surface area contributed by atoms with Crippen molar-refractivity contribution in [2.24, 2.45) is 11.3 Å². The summed E-state index contributed by atoms with van der Waals surface area (Å²) in [6.45, 7) is 22.5. The summed E-state index contributed by atoms with van der Waals surface area (Å²) in [4.78, 5) is 0. The van der Waals surface area contributed by atoms with Crippen LogP contribution in [0, 0.1) is 38.3 Å².